The Labute approximate surface area is 133 Å². The van der Waals surface area contributed by atoms with Crippen molar-refractivity contribution >= 4 is 37.9 Å². The number of thiophene rings is 1. The number of halogens is 4. The van der Waals surface area contributed by atoms with Crippen molar-refractivity contribution in [3.63, 3.8) is 0 Å². The van der Waals surface area contributed by atoms with E-state index in [0.717, 1.165) is 11.5 Å². The lowest BCUT2D eigenvalue weighted by atomic mass is 10.1. The molecule has 23 heavy (non-hydrogen) atoms. The monoisotopic (exact) mass is 346 g/mol. The Hall–Kier alpha value is -1.96. The van der Waals surface area contributed by atoms with Gasteiger partial charge in [0.15, 0.2) is 9.40 Å². The van der Waals surface area contributed by atoms with Gasteiger partial charge < -0.3 is 26.7 Å². The molecule has 1 aromatic heterocycles. The molecule has 0 atom stereocenters. The molecule has 2 nitrogen and oxygen atoms in total. The fraction of sp³-hybridized carbons (Fsp3) is 0.200. The van der Waals surface area contributed by atoms with Gasteiger partial charge in [-0.05, 0) is 34.7 Å². The normalized spacial score (nSPS) is 11.3. The summed E-state index contributed by atoms with van der Waals surface area (Å²) in [5, 5.41) is 2.54. The van der Waals surface area contributed by atoms with Gasteiger partial charge in [-0.15, -0.1) is 0 Å². The fourth-order valence-electron chi connectivity index (χ4n) is 2.35. The molecule has 0 N–H and O–H groups in total. The SMILES string of the molecule is COc1ccc2c(c1)c1cc(OC)ccc1[s+]2C.F[B-](F)(F)F. The number of methoxy groups -OCH3 is 2. The summed E-state index contributed by atoms with van der Waals surface area (Å²) in [6, 6.07) is 12.6. The van der Waals surface area contributed by atoms with Crippen molar-refractivity contribution in [3.8, 4) is 11.5 Å². The Kier molecular flexibility index (Phi) is 5.04. The summed E-state index contributed by atoms with van der Waals surface area (Å²) in [5.74, 6) is 1.81. The number of fused-ring (bicyclic) bond motifs is 3. The van der Waals surface area contributed by atoms with Crippen LogP contribution in [0.25, 0.3) is 20.2 Å². The van der Waals surface area contributed by atoms with Crippen molar-refractivity contribution in [1.29, 1.82) is 0 Å². The number of hydrogen-bond donors (Lipinski definition) is 0. The van der Waals surface area contributed by atoms with Crippen LogP contribution in [0.1, 0.15) is 0 Å². The van der Waals surface area contributed by atoms with E-state index in [1.165, 1.54) is 20.2 Å². The number of rotatable bonds is 2. The highest BCUT2D eigenvalue weighted by atomic mass is 32.2. The van der Waals surface area contributed by atoms with Gasteiger partial charge in [0.2, 0.25) is 0 Å². The maximum Gasteiger partial charge on any atom is 0.673 e. The van der Waals surface area contributed by atoms with Crippen LogP contribution in [0.2, 0.25) is 0 Å². The van der Waals surface area contributed by atoms with E-state index in [9.17, 15) is 17.3 Å². The Balaban J connectivity index is 0.000000338. The van der Waals surface area contributed by atoms with Crippen molar-refractivity contribution in [1.82, 2.24) is 0 Å². The third kappa shape index (κ3) is 4.07. The molecule has 0 unspecified atom stereocenters. The van der Waals surface area contributed by atoms with Gasteiger partial charge >= 0.3 is 7.25 Å². The lowest BCUT2D eigenvalue weighted by Crippen LogP contribution is -2.02. The van der Waals surface area contributed by atoms with Gasteiger partial charge in [-0.3, -0.25) is 0 Å². The molecular weight excluding hydrogens is 331 g/mol. The molecule has 124 valence electrons. The second-order valence-corrected chi connectivity index (χ2v) is 6.63. The van der Waals surface area contributed by atoms with Gasteiger partial charge in [-0.2, -0.15) is 0 Å². The average molecular weight is 346 g/mol. The zero-order valence-corrected chi connectivity index (χ0v) is 13.6. The predicted molar refractivity (Wildman–Crippen MR) is 88.2 cm³/mol. The zero-order valence-electron chi connectivity index (χ0n) is 12.8. The van der Waals surface area contributed by atoms with E-state index in [1.807, 2.05) is 12.1 Å². The Morgan fingerprint density at radius 2 is 1.13 bits per heavy atom. The molecule has 0 aliphatic heterocycles. The quantitative estimate of drug-likeness (QED) is 0.342. The first kappa shape index (κ1) is 17.4. The first-order valence-electron chi connectivity index (χ1n) is 6.64. The molecule has 1 heterocycles. The van der Waals surface area contributed by atoms with E-state index < -0.39 is 7.25 Å². The Morgan fingerprint density at radius 3 is 1.43 bits per heavy atom. The Bertz CT molecular complexity index is 762. The summed E-state index contributed by atoms with van der Waals surface area (Å²) in [6.45, 7) is 0. The smallest absolute Gasteiger partial charge is 0.497 e. The molecule has 0 saturated carbocycles. The fourth-order valence-corrected chi connectivity index (χ4v) is 4.12. The maximum atomic E-state index is 9.75. The number of benzene rings is 2. The summed E-state index contributed by atoms with van der Waals surface area (Å²) in [6.07, 6.45) is 2.27. The summed E-state index contributed by atoms with van der Waals surface area (Å²) in [7, 11) is -2.45. The minimum atomic E-state index is -6.00. The van der Waals surface area contributed by atoms with E-state index in [4.69, 9.17) is 9.47 Å². The lowest BCUT2D eigenvalue weighted by Gasteiger charge is -1.98. The molecule has 8 heteroatoms. The topological polar surface area (TPSA) is 18.5 Å². The number of ether oxygens (including phenoxy) is 2. The van der Waals surface area contributed by atoms with Gasteiger partial charge in [-0.1, -0.05) is 0 Å². The molecule has 3 rings (SSSR count). The molecule has 0 saturated heterocycles. The van der Waals surface area contributed by atoms with Gasteiger partial charge in [0, 0.05) is 12.1 Å². The first-order valence-corrected chi connectivity index (χ1v) is 8.27. The van der Waals surface area contributed by atoms with Gasteiger partial charge in [0.05, 0.1) is 25.0 Å². The van der Waals surface area contributed by atoms with E-state index in [1.54, 1.807) is 14.2 Å². The second-order valence-electron chi connectivity index (χ2n) is 4.73. The zero-order chi connectivity index (χ0) is 17.2. The van der Waals surface area contributed by atoms with E-state index in [2.05, 4.69) is 30.5 Å². The summed E-state index contributed by atoms with van der Waals surface area (Å²) in [5.41, 5.74) is 0. The highest BCUT2D eigenvalue weighted by molar-refractivity contribution is 7.41. The van der Waals surface area contributed by atoms with Crippen LogP contribution in [0.5, 0.6) is 11.5 Å². The molecule has 0 spiro atoms. The number of hydrogen-bond acceptors (Lipinski definition) is 2. The molecule has 0 bridgehead atoms. The molecule has 0 fully saturated rings. The molecule has 2 aromatic carbocycles. The van der Waals surface area contributed by atoms with Crippen LogP contribution in [-0.4, -0.2) is 21.5 Å². The van der Waals surface area contributed by atoms with E-state index in [-0.39, 0.29) is 10.5 Å². The van der Waals surface area contributed by atoms with Crippen LogP contribution >= 0.6 is 10.5 Å². The highest BCUT2D eigenvalue weighted by Gasteiger charge is 2.20. The van der Waals surface area contributed by atoms with Crippen molar-refractivity contribution in [2.45, 2.75) is 0 Å². The van der Waals surface area contributed by atoms with Gasteiger partial charge in [0.1, 0.15) is 17.8 Å². The minimum absolute atomic E-state index is 0.146. The second kappa shape index (κ2) is 6.66. The highest BCUT2D eigenvalue weighted by Crippen LogP contribution is 2.43. The van der Waals surface area contributed by atoms with Gasteiger partial charge in [-0.25, -0.2) is 0 Å². The van der Waals surface area contributed by atoms with Crippen LogP contribution in [0.3, 0.4) is 0 Å². The molecular formula is C15H15BF4O2S. The molecule has 0 amide bonds. The van der Waals surface area contributed by atoms with Crippen LogP contribution in [0, 0.1) is 0 Å². The lowest BCUT2D eigenvalue weighted by molar-refractivity contribution is 0.368. The standard InChI is InChI=1S/C15H15O2S.BF4/c1-16-10-4-6-14-12(8-10)13-9-11(17-2)5-7-15(13)18(14)3;2-1(3,4)5/h4-9H,1-3H3;/q+1;-1. The largest absolute Gasteiger partial charge is 0.673 e. The molecule has 0 aliphatic rings. The first-order chi connectivity index (χ1) is 10.7. The molecule has 0 aliphatic carbocycles. The van der Waals surface area contributed by atoms with Crippen molar-refractivity contribution < 1.29 is 26.7 Å². The maximum absolute atomic E-state index is 9.75. The Morgan fingerprint density at radius 1 is 0.783 bits per heavy atom. The summed E-state index contributed by atoms with van der Waals surface area (Å²) in [4.78, 5) is 0. The van der Waals surface area contributed by atoms with E-state index >= 15 is 0 Å². The third-order valence-corrected chi connectivity index (χ3v) is 5.35. The minimum Gasteiger partial charge on any atom is -0.497 e. The van der Waals surface area contributed by atoms with Crippen molar-refractivity contribution in [2.75, 3.05) is 14.2 Å². The molecule has 3 aromatic rings. The van der Waals surface area contributed by atoms with Crippen LogP contribution in [-0.2, 0) is 6.26 Å². The number of aryl methyl sites for hydroxylation is 1. The van der Waals surface area contributed by atoms with Gasteiger partial charge in [0.25, 0.3) is 0 Å². The van der Waals surface area contributed by atoms with E-state index in [0.29, 0.717) is 0 Å². The molecule has 0 radical (unpaired) electrons. The van der Waals surface area contributed by atoms with Crippen molar-refractivity contribution in [2.24, 2.45) is 6.26 Å². The third-order valence-electron chi connectivity index (χ3n) is 3.32. The average Bonchev–Trinajstić information content (AvgIpc) is 2.77. The van der Waals surface area contributed by atoms with Crippen molar-refractivity contribution in [3.05, 3.63) is 36.4 Å². The summed E-state index contributed by atoms with van der Waals surface area (Å²) >= 11 is 0. The van der Waals surface area contributed by atoms with Crippen LogP contribution < -0.4 is 9.47 Å². The van der Waals surface area contributed by atoms with Crippen LogP contribution in [0.15, 0.2) is 36.4 Å². The predicted octanol–water partition coefficient (Wildman–Crippen LogP) is 5.60. The van der Waals surface area contributed by atoms with Crippen LogP contribution in [0.4, 0.5) is 17.3 Å². The summed E-state index contributed by atoms with van der Waals surface area (Å²) < 4.78 is 52.4.